The first kappa shape index (κ1) is 13.2. The number of benzene rings is 1. The van der Waals surface area contributed by atoms with Gasteiger partial charge in [-0.3, -0.25) is 0 Å². The first-order chi connectivity index (χ1) is 8.85. The van der Waals surface area contributed by atoms with E-state index in [1.807, 2.05) is 0 Å². The molecule has 1 saturated carbocycles. The molecule has 0 amide bonds. The van der Waals surface area contributed by atoms with E-state index in [2.05, 4.69) is 52.0 Å². The summed E-state index contributed by atoms with van der Waals surface area (Å²) >= 11 is 0. The fourth-order valence-electron chi connectivity index (χ4n) is 5.27. The van der Waals surface area contributed by atoms with E-state index in [1.54, 1.807) is 11.1 Å². The van der Waals surface area contributed by atoms with Crippen molar-refractivity contribution in [3.8, 4) is 0 Å². The van der Waals surface area contributed by atoms with Crippen molar-refractivity contribution >= 4 is 0 Å². The van der Waals surface area contributed by atoms with Crippen molar-refractivity contribution in [2.24, 2.45) is 5.41 Å². The van der Waals surface area contributed by atoms with Crippen LogP contribution in [0.3, 0.4) is 0 Å². The molecule has 0 saturated heterocycles. The van der Waals surface area contributed by atoms with Gasteiger partial charge in [0.05, 0.1) is 0 Å². The Morgan fingerprint density at radius 1 is 0.737 bits per heavy atom. The van der Waals surface area contributed by atoms with Gasteiger partial charge in [0, 0.05) is 0 Å². The molecule has 0 aliphatic heterocycles. The minimum Gasteiger partial charge on any atom is -0.0620 e. The standard InChI is InChI=1S/C19H28/c1-17(2)13-19(11-7-8-12-19)14-18(3,4)16-10-6-5-9-15(16)17/h5-6,9-10H,7-8,11-14H2,1-4H3. The molecule has 0 atom stereocenters. The van der Waals surface area contributed by atoms with Crippen LogP contribution in [0.2, 0.25) is 0 Å². The predicted molar refractivity (Wildman–Crippen MR) is 82.6 cm³/mol. The number of hydrogen-bond donors (Lipinski definition) is 0. The Hall–Kier alpha value is -0.780. The first-order valence-corrected chi connectivity index (χ1v) is 7.95. The molecule has 0 aromatic heterocycles. The summed E-state index contributed by atoms with van der Waals surface area (Å²) in [6, 6.07) is 9.21. The molecule has 0 bridgehead atoms. The summed E-state index contributed by atoms with van der Waals surface area (Å²) < 4.78 is 0. The summed E-state index contributed by atoms with van der Waals surface area (Å²) in [7, 11) is 0. The lowest BCUT2D eigenvalue weighted by Crippen LogP contribution is -2.29. The van der Waals surface area contributed by atoms with Crippen molar-refractivity contribution in [2.45, 2.75) is 77.0 Å². The van der Waals surface area contributed by atoms with E-state index in [1.165, 1.54) is 38.5 Å². The van der Waals surface area contributed by atoms with E-state index < -0.39 is 0 Å². The molecular weight excluding hydrogens is 228 g/mol. The van der Waals surface area contributed by atoms with Crippen LogP contribution in [0, 0.1) is 5.41 Å². The quantitative estimate of drug-likeness (QED) is 0.567. The van der Waals surface area contributed by atoms with Gasteiger partial charge in [-0.05, 0) is 53.1 Å². The van der Waals surface area contributed by atoms with Gasteiger partial charge in [0.2, 0.25) is 0 Å². The van der Waals surface area contributed by atoms with Crippen LogP contribution in [-0.4, -0.2) is 0 Å². The van der Waals surface area contributed by atoms with Gasteiger partial charge in [0.25, 0.3) is 0 Å². The largest absolute Gasteiger partial charge is 0.0620 e. The first-order valence-electron chi connectivity index (χ1n) is 7.95. The molecule has 2 aliphatic carbocycles. The summed E-state index contributed by atoms with van der Waals surface area (Å²) in [4.78, 5) is 0. The van der Waals surface area contributed by atoms with Crippen molar-refractivity contribution in [2.75, 3.05) is 0 Å². The van der Waals surface area contributed by atoms with Crippen molar-refractivity contribution < 1.29 is 0 Å². The van der Waals surface area contributed by atoms with Crippen LogP contribution < -0.4 is 0 Å². The lowest BCUT2D eigenvalue weighted by Gasteiger charge is -2.37. The minimum absolute atomic E-state index is 0.328. The number of rotatable bonds is 0. The molecule has 19 heavy (non-hydrogen) atoms. The Morgan fingerprint density at radius 3 is 1.58 bits per heavy atom. The third kappa shape index (κ3) is 2.14. The molecule has 0 heterocycles. The molecule has 1 fully saturated rings. The zero-order valence-corrected chi connectivity index (χ0v) is 13.1. The molecule has 0 N–H and O–H groups in total. The maximum Gasteiger partial charge on any atom is -0.00953 e. The van der Waals surface area contributed by atoms with E-state index in [9.17, 15) is 0 Å². The van der Waals surface area contributed by atoms with Gasteiger partial charge in [0.15, 0.2) is 0 Å². The van der Waals surface area contributed by atoms with Gasteiger partial charge < -0.3 is 0 Å². The van der Waals surface area contributed by atoms with Crippen molar-refractivity contribution in [1.82, 2.24) is 0 Å². The molecule has 1 aromatic carbocycles. The highest BCUT2D eigenvalue weighted by Crippen LogP contribution is 2.57. The zero-order chi connectivity index (χ0) is 13.7. The van der Waals surface area contributed by atoms with Crippen LogP contribution >= 0.6 is 0 Å². The molecule has 1 spiro atoms. The smallest absolute Gasteiger partial charge is 0.00953 e. The van der Waals surface area contributed by atoms with E-state index in [-0.39, 0.29) is 0 Å². The monoisotopic (exact) mass is 256 g/mol. The van der Waals surface area contributed by atoms with E-state index >= 15 is 0 Å². The lowest BCUT2D eigenvalue weighted by molar-refractivity contribution is 0.171. The Morgan fingerprint density at radius 2 is 1.16 bits per heavy atom. The van der Waals surface area contributed by atoms with E-state index in [0.29, 0.717) is 16.2 Å². The predicted octanol–water partition coefficient (Wildman–Crippen LogP) is 5.60. The van der Waals surface area contributed by atoms with Gasteiger partial charge in [0.1, 0.15) is 0 Å². The van der Waals surface area contributed by atoms with Crippen LogP contribution in [0.5, 0.6) is 0 Å². The van der Waals surface area contributed by atoms with Gasteiger partial charge >= 0.3 is 0 Å². The molecule has 0 radical (unpaired) electrons. The molecular formula is C19H28. The highest BCUT2D eigenvalue weighted by Gasteiger charge is 2.47. The molecule has 2 aliphatic rings. The average molecular weight is 256 g/mol. The third-order valence-corrected chi connectivity index (χ3v) is 5.68. The summed E-state index contributed by atoms with van der Waals surface area (Å²) in [5, 5.41) is 0. The van der Waals surface area contributed by atoms with Crippen LogP contribution in [0.25, 0.3) is 0 Å². The molecule has 104 valence electrons. The Kier molecular flexibility index (Phi) is 2.86. The number of hydrogen-bond acceptors (Lipinski definition) is 0. The van der Waals surface area contributed by atoms with Crippen LogP contribution in [0.15, 0.2) is 24.3 Å². The summed E-state index contributed by atoms with van der Waals surface area (Å²) in [6.07, 6.45) is 8.55. The van der Waals surface area contributed by atoms with Gasteiger partial charge in [-0.15, -0.1) is 0 Å². The SMILES string of the molecule is CC1(C)CC2(CCCC2)CC(C)(C)c2ccccc21. The van der Waals surface area contributed by atoms with Crippen molar-refractivity contribution in [3.63, 3.8) is 0 Å². The summed E-state index contributed by atoms with van der Waals surface area (Å²) in [5.41, 5.74) is 4.46. The zero-order valence-electron chi connectivity index (χ0n) is 13.1. The van der Waals surface area contributed by atoms with Crippen LogP contribution in [-0.2, 0) is 10.8 Å². The van der Waals surface area contributed by atoms with Gasteiger partial charge in [-0.25, -0.2) is 0 Å². The van der Waals surface area contributed by atoms with Gasteiger partial charge in [-0.2, -0.15) is 0 Å². The molecule has 0 nitrogen and oxygen atoms in total. The Bertz CT molecular complexity index is 434. The van der Waals surface area contributed by atoms with E-state index in [0.717, 1.165) is 0 Å². The maximum absolute atomic E-state index is 2.47. The maximum atomic E-state index is 2.47. The van der Waals surface area contributed by atoms with Crippen molar-refractivity contribution in [3.05, 3.63) is 35.4 Å². The highest BCUT2D eigenvalue weighted by atomic mass is 14.5. The molecule has 0 heteroatoms. The minimum atomic E-state index is 0.328. The lowest BCUT2D eigenvalue weighted by atomic mass is 9.67. The molecule has 1 aromatic rings. The molecule has 3 rings (SSSR count). The summed E-state index contributed by atoms with van der Waals surface area (Å²) in [5.74, 6) is 0. The van der Waals surface area contributed by atoms with Gasteiger partial charge in [-0.1, -0.05) is 64.8 Å². The van der Waals surface area contributed by atoms with Crippen molar-refractivity contribution in [1.29, 1.82) is 0 Å². The topological polar surface area (TPSA) is 0 Å². The fourth-order valence-corrected chi connectivity index (χ4v) is 5.27. The fraction of sp³-hybridized carbons (Fsp3) is 0.684. The number of fused-ring (bicyclic) bond motifs is 1. The third-order valence-electron chi connectivity index (χ3n) is 5.68. The van der Waals surface area contributed by atoms with E-state index in [4.69, 9.17) is 0 Å². The average Bonchev–Trinajstić information content (AvgIpc) is 2.73. The second-order valence-corrected chi connectivity index (χ2v) is 8.37. The Balaban J connectivity index is 2.14. The normalized spacial score (nSPS) is 26.9. The highest BCUT2D eigenvalue weighted by molar-refractivity contribution is 5.40. The Labute approximate surface area is 118 Å². The molecule has 0 unspecified atom stereocenters. The van der Waals surface area contributed by atoms with Crippen LogP contribution in [0.1, 0.15) is 77.3 Å². The second kappa shape index (κ2) is 4.11. The second-order valence-electron chi connectivity index (χ2n) is 8.37. The summed E-state index contributed by atoms with van der Waals surface area (Å²) in [6.45, 7) is 9.86. The van der Waals surface area contributed by atoms with Crippen LogP contribution in [0.4, 0.5) is 0 Å².